The molecule has 1 aromatic carbocycles. The zero-order valence-corrected chi connectivity index (χ0v) is 14.6. The third-order valence-electron chi connectivity index (χ3n) is 3.49. The van der Waals surface area contributed by atoms with E-state index in [0.29, 0.717) is 11.3 Å². The highest BCUT2D eigenvalue weighted by Crippen LogP contribution is 2.22. The van der Waals surface area contributed by atoms with Crippen molar-refractivity contribution in [3.05, 3.63) is 63.1 Å². The van der Waals surface area contributed by atoms with Gasteiger partial charge in [-0.1, -0.05) is 11.8 Å². The molecule has 0 saturated carbocycles. The van der Waals surface area contributed by atoms with E-state index in [1.807, 2.05) is 0 Å². The minimum atomic E-state index is -0.680. The molecule has 2 aromatic heterocycles. The van der Waals surface area contributed by atoms with Crippen LogP contribution in [0.5, 0.6) is 0 Å². The zero-order chi connectivity index (χ0) is 18.8. The Bertz CT molecular complexity index is 1050. The van der Waals surface area contributed by atoms with Crippen LogP contribution < -0.4 is 5.56 Å². The van der Waals surface area contributed by atoms with Crippen molar-refractivity contribution >= 4 is 28.8 Å². The van der Waals surface area contributed by atoms with Gasteiger partial charge in [-0.2, -0.15) is 0 Å². The highest BCUT2D eigenvalue weighted by atomic mass is 32.2. The molecule has 0 spiro atoms. The molecule has 9 heteroatoms. The maximum atomic E-state index is 13.2. The Balaban J connectivity index is 1.98. The molecule has 1 N–H and O–H groups in total. The monoisotopic (exact) mass is 377 g/mol. The summed E-state index contributed by atoms with van der Waals surface area (Å²) in [6.07, 6.45) is 0. The van der Waals surface area contributed by atoms with Crippen molar-refractivity contribution in [2.75, 3.05) is 7.11 Å². The maximum absolute atomic E-state index is 13.2. The number of aromatic nitrogens is 3. The van der Waals surface area contributed by atoms with Crippen molar-refractivity contribution in [1.29, 1.82) is 0 Å². The van der Waals surface area contributed by atoms with E-state index in [1.165, 1.54) is 25.3 Å². The van der Waals surface area contributed by atoms with E-state index in [2.05, 4.69) is 19.7 Å². The second-order valence-corrected chi connectivity index (χ2v) is 6.40. The van der Waals surface area contributed by atoms with Gasteiger partial charge >= 0.3 is 5.97 Å². The van der Waals surface area contributed by atoms with Crippen molar-refractivity contribution in [2.24, 2.45) is 0 Å². The van der Waals surface area contributed by atoms with Gasteiger partial charge in [0.25, 0.3) is 5.56 Å². The molecule has 0 amide bonds. The summed E-state index contributed by atoms with van der Waals surface area (Å²) in [6, 6.07) is 4.64. The van der Waals surface area contributed by atoms with Crippen molar-refractivity contribution in [1.82, 2.24) is 15.0 Å². The van der Waals surface area contributed by atoms with E-state index in [9.17, 15) is 18.4 Å². The van der Waals surface area contributed by atoms with E-state index in [0.717, 1.165) is 17.8 Å². The summed E-state index contributed by atoms with van der Waals surface area (Å²) in [5.41, 5.74) is 0.534. The SMILES string of the molecule is COC(=O)c1cc(C)nc2nc(SCc3cc(F)cc(F)c3)[nH]c(=O)c12. The molecule has 6 nitrogen and oxygen atoms in total. The second-order valence-electron chi connectivity index (χ2n) is 5.44. The van der Waals surface area contributed by atoms with Crippen LogP contribution in [0.2, 0.25) is 0 Å². The van der Waals surface area contributed by atoms with Crippen LogP contribution >= 0.6 is 11.8 Å². The summed E-state index contributed by atoms with van der Waals surface area (Å²) in [4.78, 5) is 35.2. The predicted octanol–water partition coefficient (Wildman–Crippen LogP) is 2.98. The quantitative estimate of drug-likeness (QED) is 0.427. The fourth-order valence-corrected chi connectivity index (χ4v) is 3.22. The Hall–Kier alpha value is -2.81. The first-order valence-corrected chi connectivity index (χ1v) is 8.43. The number of nitrogens with zero attached hydrogens (tertiary/aromatic N) is 2. The number of esters is 1. The average Bonchev–Trinajstić information content (AvgIpc) is 2.57. The molecule has 0 unspecified atom stereocenters. The van der Waals surface area contributed by atoms with E-state index < -0.39 is 23.2 Å². The summed E-state index contributed by atoms with van der Waals surface area (Å²) in [5, 5.41) is 0.254. The number of aromatic amines is 1. The van der Waals surface area contributed by atoms with E-state index in [-0.39, 0.29) is 27.5 Å². The first-order chi connectivity index (χ1) is 12.4. The van der Waals surface area contributed by atoms with Crippen LogP contribution in [0.25, 0.3) is 11.0 Å². The number of carbonyl (C=O) groups is 1. The van der Waals surface area contributed by atoms with Gasteiger partial charge in [0, 0.05) is 17.5 Å². The van der Waals surface area contributed by atoms with Crippen molar-refractivity contribution in [3.8, 4) is 0 Å². The number of rotatable bonds is 4. The van der Waals surface area contributed by atoms with Crippen molar-refractivity contribution in [3.63, 3.8) is 0 Å². The molecule has 3 rings (SSSR count). The van der Waals surface area contributed by atoms with Crippen LogP contribution in [0.4, 0.5) is 8.78 Å². The normalized spacial score (nSPS) is 10.9. The third kappa shape index (κ3) is 3.72. The molecule has 2 heterocycles. The largest absolute Gasteiger partial charge is 0.465 e. The molecule has 134 valence electrons. The fraction of sp³-hybridized carbons (Fsp3) is 0.176. The summed E-state index contributed by atoms with van der Waals surface area (Å²) in [6.45, 7) is 1.66. The highest BCUT2D eigenvalue weighted by molar-refractivity contribution is 7.98. The number of aryl methyl sites for hydroxylation is 1. The number of ether oxygens (including phenoxy) is 1. The molecule has 0 fully saturated rings. The molecule has 0 aliphatic carbocycles. The van der Waals surface area contributed by atoms with Gasteiger partial charge in [-0.25, -0.2) is 23.5 Å². The Labute approximate surface area is 150 Å². The molecule has 0 radical (unpaired) electrons. The minimum Gasteiger partial charge on any atom is -0.465 e. The standard InChI is InChI=1S/C17H13F2N3O3S/c1-8-3-12(16(24)25-2)13-14(20-8)21-17(22-15(13)23)26-7-9-4-10(18)6-11(19)5-9/h3-6H,7H2,1-2H3,(H,20,21,22,23). The molecular formula is C17H13F2N3O3S. The molecule has 0 aliphatic rings. The number of thioether (sulfide) groups is 1. The lowest BCUT2D eigenvalue weighted by Gasteiger charge is -2.07. The number of hydrogen-bond acceptors (Lipinski definition) is 6. The van der Waals surface area contributed by atoms with Crippen LogP contribution in [-0.4, -0.2) is 28.0 Å². The third-order valence-corrected chi connectivity index (χ3v) is 4.43. The van der Waals surface area contributed by atoms with Crippen molar-refractivity contribution in [2.45, 2.75) is 17.8 Å². The number of pyridine rings is 1. The molecule has 0 aliphatic heterocycles. The summed E-state index contributed by atoms with van der Waals surface area (Å²) in [5.74, 6) is -1.83. The Morgan fingerprint density at radius 3 is 2.54 bits per heavy atom. The first-order valence-electron chi connectivity index (χ1n) is 7.45. The van der Waals surface area contributed by atoms with Crippen LogP contribution in [0.3, 0.4) is 0 Å². The van der Waals surface area contributed by atoms with Gasteiger partial charge in [0.05, 0.1) is 18.1 Å². The smallest absolute Gasteiger partial charge is 0.338 e. The molecule has 3 aromatic rings. The summed E-state index contributed by atoms with van der Waals surface area (Å²) >= 11 is 1.09. The number of halogens is 2. The number of hydrogen-bond donors (Lipinski definition) is 1. The Kier molecular flexibility index (Phi) is 4.99. The van der Waals surface area contributed by atoms with Gasteiger partial charge in [-0.15, -0.1) is 0 Å². The number of nitrogens with one attached hydrogen (secondary N) is 1. The highest BCUT2D eigenvalue weighted by Gasteiger charge is 2.17. The second kappa shape index (κ2) is 7.20. The van der Waals surface area contributed by atoms with Gasteiger partial charge < -0.3 is 9.72 Å². The van der Waals surface area contributed by atoms with Gasteiger partial charge in [0.2, 0.25) is 0 Å². The van der Waals surface area contributed by atoms with Crippen LogP contribution in [0, 0.1) is 18.6 Å². The van der Waals surface area contributed by atoms with Crippen LogP contribution in [0.15, 0.2) is 34.2 Å². The van der Waals surface area contributed by atoms with E-state index >= 15 is 0 Å². The summed E-state index contributed by atoms with van der Waals surface area (Å²) in [7, 11) is 1.22. The molecule has 0 saturated heterocycles. The lowest BCUT2D eigenvalue weighted by molar-refractivity contribution is 0.0602. The average molecular weight is 377 g/mol. The number of fused-ring (bicyclic) bond motifs is 1. The fourth-order valence-electron chi connectivity index (χ4n) is 2.43. The molecule has 0 atom stereocenters. The lowest BCUT2D eigenvalue weighted by Crippen LogP contribution is -2.16. The number of methoxy groups -OCH3 is 1. The van der Waals surface area contributed by atoms with E-state index in [1.54, 1.807) is 6.92 Å². The maximum Gasteiger partial charge on any atom is 0.338 e. The Morgan fingerprint density at radius 2 is 1.88 bits per heavy atom. The Morgan fingerprint density at radius 1 is 1.19 bits per heavy atom. The number of carbonyl (C=O) groups excluding carboxylic acids is 1. The van der Waals surface area contributed by atoms with Gasteiger partial charge in [-0.3, -0.25) is 4.79 Å². The van der Waals surface area contributed by atoms with Crippen LogP contribution in [0.1, 0.15) is 21.6 Å². The molecule has 26 heavy (non-hydrogen) atoms. The lowest BCUT2D eigenvalue weighted by atomic mass is 10.1. The summed E-state index contributed by atoms with van der Waals surface area (Å²) < 4.78 is 31.2. The predicted molar refractivity (Wildman–Crippen MR) is 92.2 cm³/mol. The number of H-pyrrole nitrogens is 1. The molecular weight excluding hydrogens is 364 g/mol. The number of benzene rings is 1. The topological polar surface area (TPSA) is 84.9 Å². The van der Waals surface area contributed by atoms with Crippen LogP contribution in [-0.2, 0) is 10.5 Å². The molecule has 0 bridgehead atoms. The minimum absolute atomic E-state index is 0.0311. The van der Waals surface area contributed by atoms with Gasteiger partial charge in [0.15, 0.2) is 10.8 Å². The van der Waals surface area contributed by atoms with E-state index in [4.69, 9.17) is 0 Å². The first kappa shape index (κ1) is 18.0. The van der Waals surface area contributed by atoms with Crippen molar-refractivity contribution < 1.29 is 18.3 Å². The van der Waals surface area contributed by atoms with Gasteiger partial charge in [-0.05, 0) is 30.7 Å². The zero-order valence-electron chi connectivity index (χ0n) is 13.8. The van der Waals surface area contributed by atoms with Gasteiger partial charge in [0.1, 0.15) is 11.6 Å².